The predicted molar refractivity (Wildman–Crippen MR) is 116 cm³/mol. The van der Waals surface area contributed by atoms with Crippen molar-refractivity contribution in [1.29, 1.82) is 0 Å². The van der Waals surface area contributed by atoms with E-state index in [4.69, 9.17) is 14.2 Å². The molecule has 0 aromatic heterocycles. The molecule has 2 amide bonds. The molecule has 2 fully saturated rings. The van der Waals surface area contributed by atoms with E-state index in [2.05, 4.69) is 0 Å². The lowest BCUT2D eigenvalue weighted by Crippen LogP contribution is -2.59. The minimum absolute atomic E-state index is 0.151. The van der Waals surface area contributed by atoms with Gasteiger partial charge >= 0.3 is 12.1 Å². The molecule has 2 aliphatic heterocycles. The summed E-state index contributed by atoms with van der Waals surface area (Å²) >= 11 is 3.02. The Kier molecular flexibility index (Phi) is 8.29. The smallest absolute Gasteiger partial charge is 0.411 e. The normalized spacial score (nSPS) is 21.8. The first-order chi connectivity index (χ1) is 14.5. The number of nitrogens with zero attached hydrogens (tertiary/aromatic N) is 2. The Morgan fingerprint density at radius 3 is 2.37 bits per heavy atom. The van der Waals surface area contributed by atoms with Crippen LogP contribution in [0.2, 0.25) is 0 Å². The Bertz CT molecular complexity index is 717. The van der Waals surface area contributed by atoms with Crippen molar-refractivity contribution in [2.24, 2.45) is 0 Å². The van der Waals surface area contributed by atoms with Crippen LogP contribution in [0.5, 0.6) is 0 Å². The van der Waals surface area contributed by atoms with Crippen molar-refractivity contribution >= 4 is 35.5 Å². The van der Waals surface area contributed by atoms with E-state index in [9.17, 15) is 14.7 Å². The second kappa shape index (κ2) is 10.7. The summed E-state index contributed by atoms with van der Waals surface area (Å²) in [5, 5.41) is 10.9. The van der Waals surface area contributed by atoms with E-state index in [1.807, 2.05) is 30.3 Å². The second-order valence-electron chi connectivity index (χ2n) is 6.85. The highest BCUT2D eigenvalue weighted by Gasteiger charge is 2.50. The number of amides is 2. The van der Waals surface area contributed by atoms with Crippen LogP contribution in [0.4, 0.5) is 4.79 Å². The number of hydrogen-bond donors (Lipinski definition) is 1. The van der Waals surface area contributed by atoms with Crippen LogP contribution in [-0.2, 0) is 25.6 Å². The average molecular weight is 457 g/mol. The molecule has 2 heterocycles. The molecule has 8 nitrogen and oxygen atoms in total. The van der Waals surface area contributed by atoms with Crippen LogP contribution in [0.15, 0.2) is 30.3 Å². The van der Waals surface area contributed by atoms with E-state index < -0.39 is 24.2 Å². The number of rotatable bonds is 8. The molecule has 0 saturated carbocycles. The molecule has 3 rings (SSSR count). The van der Waals surface area contributed by atoms with Gasteiger partial charge in [0.05, 0.1) is 11.8 Å². The van der Waals surface area contributed by atoms with Gasteiger partial charge in [-0.25, -0.2) is 4.79 Å². The largest absolute Gasteiger partial charge is 0.445 e. The van der Waals surface area contributed by atoms with Crippen LogP contribution >= 0.6 is 23.5 Å². The fourth-order valence-electron chi connectivity index (χ4n) is 3.43. The van der Waals surface area contributed by atoms with Crippen molar-refractivity contribution in [3.8, 4) is 0 Å². The summed E-state index contributed by atoms with van der Waals surface area (Å²) in [6, 6.07) is 8.11. The van der Waals surface area contributed by atoms with E-state index in [1.165, 1.54) is 28.4 Å². The van der Waals surface area contributed by atoms with Crippen molar-refractivity contribution < 1.29 is 28.9 Å². The summed E-state index contributed by atoms with van der Waals surface area (Å²) in [5.41, 5.74) is 0.884. The molecular formula is C20H28N2O6S2. The highest BCUT2D eigenvalue weighted by Crippen LogP contribution is 2.33. The van der Waals surface area contributed by atoms with Gasteiger partial charge in [0, 0.05) is 24.7 Å². The van der Waals surface area contributed by atoms with Crippen LogP contribution in [0.3, 0.4) is 0 Å². The highest BCUT2D eigenvalue weighted by molar-refractivity contribution is 7.99. The molecule has 0 aliphatic carbocycles. The van der Waals surface area contributed by atoms with Crippen molar-refractivity contribution in [2.75, 3.05) is 36.5 Å². The molecule has 1 aromatic rings. The summed E-state index contributed by atoms with van der Waals surface area (Å²) in [4.78, 5) is 29.0. The maximum absolute atomic E-state index is 13.3. The van der Waals surface area contributed by atoms with Gasteiger partial charge in [0.1, 0.15) is 18.7 Å². The summed E-state index contributed by atoms with van der Waals surface area (Å²) in [5.74, 6) is -0.344. The predicted octanol–water partition coefficient (Wildman–Crippen LogP) is 2.32. The Balaban J connectivity index is 1.67. The van der Waals surface area contributed by atoms with Crippen molar-refractivity contribution in [1.82, 2.24) is 9.80 Å². The maximum Gasteiger partial charge on any atom is 0.411 e. The molecule has 0 spiro atoms. The molecule has 1 aromatic carbocycles. The molecular weight excluding hydrogens is 428 g/mol. The number of thioether (sulfide) groups is 2. The zero-order valence-corrected chi connectivity index (χ0v) is 18.8. The molecule has 10 heteroatoms. The number of aliphatic hydroxyl groups is 1. The van der Waals surface area contributed by atoms with Gasteiger partial charge in [-0.05, 0) is 19.4 Å². The third kappa shape index (κ3) is 5.23. The zero-order chi connectivity index (χ0) is 21.6. The molecule has 0 unspecified atom stereocenters. The third-order valence-electron chi connectivity index (χ3n) is 4.90. The third-order valence-corrected chi connectivity index (χ3v) is 6.92. The Hall–Kier alpha value is -1.46. The second-order valence-corrected chi connectivity index (χ2v) is 8.85. The van der Waals surface area contributed by atoms with Gasteiger partial charge in [-0.15, -0.1) is 23.5 Å². The van der Waals surface area contributed by atoms with Gasteiger partial charge < -0.3 is 24.2 Å². The monoisotopic (exact) mass is 456 g/mol. The van der Waals surface area contributed by atoms with E-state index in [0.717, 1.165) is 5.56 Å². The van der Waals surface area contributed by atoms with Crippen LogP contribution < -0.4 is 0 Å². The zero-order valence-electron chi connectivity index (χ0n) is 17.2. The van der Waals surface area contributed by atoms with Gasteiger partial charge in [-0.2, -0.15) is 0 Å². The molecule has 0 bridgehead atoms. The lowest BCUT2D eigenvalue weighted by atomic mass is 10.2. The molecule has 2 saturated heterocycles. The van der Waals surface area contributed by atoms with Crippen LogP contribution in [0.25, 0.3) is 0 Å². The van der Waals surface area contributed by atoms with E-state index in [1.54, 1.807) is 18.7 Å². The van der Waals surface area contributed by atoms with Crippen molar-refractivity contribution in [3.63, 3.8) is 0 Å². The molecule has 2 aliphatic rings. The number of carbonyl (C=O) groups is 2. The molecule has 1 N–H and O–H groups in total. The van der Waals surface area contributed by atoms with Crippen molar-refractivity contribution in [3.05, 3.63) is 35.9 Å². The standard InChI is InChI=1S/C20H28N2O6S2/c1-3-27-20(25,28-4-2)17-12-30-14-22(17)18(23)16-11-29-13-21(16)19(24)26-10-15-8-6-5-7-9-15/h5-9,16-17,25H,3-4,10-14H2,1-2H3/t16-,17-/m0/s1. The van der Waals surface area contributed by atoms with E-state index in [0.29, 0.717) is 23.3 Å². The fraction of sp³-hybridized carbons (Fsp3) is 0.600. The highest BCUT2D eigenvalue weighted by atomic mass is 32.2. The van der Waals surface area contributed by atoms with Crippen LogP contribution in [-0.4, -0.2) is 81.4 Å². The lowest BCUT2D eigenvalue weighted by Gasteiger charge is -2.38. The average Bonchev–Trinajstić information content (AvgIpc) is 3.43. The first-order valence-corrected chi connectivity index (χ1v) is 12.2. The van der Waals surface area contributed by atoms with Gasteiger partial charge in [-0.3, -0.25) is 9.69 Å². The first kappa shape index (κ1) is 23.2. The van der Waals surface area contributed by atoms with Gasteiger partial charge in [-0.1, -0.05) is 30.3 Å². The van der Waals surface area contributed by atoms with Crippen LogP contribution in [0.1, 0.15) is 19.4 Å². The Morgan fingerprint density at radius 1 is 1.07 bits per heavy atom. The molecule has 2 atom stereocenters. The maximum atomic E-state index is 13.3. The SMILES string of the molecule is CCOC(O)(OCC)[C@@H]1CSCN1C(=O)[C@@H]1CSCN1C(=O)OCc1ccccc1. The molecule has 0 radical (unpaired) electrons. The minimum Gasteiger partial charge on any atom is -0.445 e. The van der Waals surface area contributed by atoms with Crippen LogP contribution in [0, 0.1) is 0 Å². The Morgan fingerprint density at radius 2 is 1.70 bits per heavy atom. The summed E-state index contributed by atoms with van der Waals surface area (Å²) in [7, 11) is 0. The number of benzene rings is 1. The summed E-state index contributed by atoms with van der Waals surface area (Å²) < 4.78 is 16.4. The van der Waals surface area contributed by atoms with E-state index >= 15 is 0 Å². The van der Waals surface area contributed by atoms with E-state index in [-0.39, 0.29) is 25.7 Å². The number of carbonyl (C=O) groups excluding carboxylic acids is 2. The first-order valence-electron chi connectivity index (χ1n) is 9.93. The van der Waals surface area contributed by atoms with Gasteiger partial charge in [0.25, 0.3) is 0 Å². The van der Waals surface area contributed by atoms with Gasteiger partial charge in [0.15, 0.2) is 0 Å². The topological polar surface area (TPSA) is 88.5 Å². The lowest BCUT2D eigenvalue weighted by molar-refractivity contribution is -0.375. The minimum atomic E-state index is -1.87. The fourth-order valence-corrected chi connectivity index (χ4v) is 5.79. The van der Waals surface area contributed by atoms with Crippen molar-refractivity contribution in [2.45, 2.75) is 38.5 Å². The number of hydrogen-bond acceptors (Lipinski definition) is 8. The summed E-state index contributed by atoms with van der Waals surface area (Å²) in [6.45, 7) is 4.17. The van der Waals surface area contributed by atoms with Gasteiger partial charge in [0.2, 0.25) is 5.91 Å². The number of ether oxygens (including phenoxy) is 3. The molecule has 30 heavy (non-hydrogen) atoms. The quantitative estimate of drug-likeness (QED) is 0.597. The summed E-state index contributed by atoms with van der Waals surface area (Å²) in [6.07, 6.45) is -0.518. The Labute approximate surface area is 185 Å². The molecule has 166 valence electrons.